The number of aliphatic hydroxyl groups is 1. The first-order valence-electron chi connectivity index (χ1n) is 6.33. The van der Waals surface area contributed by atoms with Gasteiger partial charge in [-0.3, -0.25) is 0 Å². The Morgan fingerprint density at radius 3 is 2.35 bits per heavy atom. The minimum Gasteiger partial charge on any atom is -0.477 e. The second-order valence-corrected chi connectivity index (χ2v) is 6.89. The van der Waals surface area contributed by atoms with E-state index < -0.39 is 22.1 Å². The van der Waals surface area contributed by atoms with Crippen LogP contribution < -0.4 is 0 Å². The lowest BCUT2D eigenvalue weighted by atomic mass is 10.1. The average molecular weight is 302 g/mol. The normalized spacial score (nSPS) is 18.4. The molecular formula is C12H18N2O5S. The number of hydrogen-bond donors (Lipinski definition) is 2. The van der Waals surface area contributed by atoms with E-state index in [9.17, 15) is 18.3 Å². The minimum absolute atomic E-state index is 0.0220. The van der Waals surface area contributed by atoms with Gasteiger partial charge in [-0.25, -0.2) is 13.2 Å². The highest BCUT2D eigenvalue weighted by Crippen LogP contribution is 2.25. The van der Waals surface area contributed by atoms with Crippen LogP contribution in [0, 0.1) is 6.92 Å². The molecule has 1 aliphatic heterocycles. The molecule has 0 aliphatic carbocycles. The van der Waals surface area contributed by atoms with E-state index in [1.54, 1.807) is 6.92 Å². The van der Waals surface area contributed by atoms with Crippen molar-refractivity contribution in [3.05, 3.63) is 17.5 Å². The summed E-state index contributed by atoms with van der Waals surface area (Å²) in [6.07, 6.45) is 0.334. The van der Waals surface area contributed by atoms with E-state index in [0.717, 1.165) is 0 Å². The molecule has 0 amide bonds. The third-order valence-corrected chi connectivity index (χ3v) is 5.76. The Hall–Kier alpha value is -1.38. The fraction of sp³-hybridized carbons (Fsp3) is 0.583. The summed E-state index contributed by atoms with van der Waals surface area (Å²) in [5.74, 6) is -1.16. The Kier molecular flexibility index (Phi) is 3.90. The molecule has 0 bridgehead atoms. The Morgan fingerprint density at radius 1 is 1.35 bits per heavy atom. The zero-order chi connectivity index (χ0) is 15.1. The first kappa shape index (κ1) is 15.0. The number of rotatable bonds is 3. The van der Waals surface area contributed by atoms with Crippen LogP contribution in [-0.2, 0) is 17.1 Å². The van der Waals surface area contributed by atoms with Gasteiger partial charge < -0.3 is 14.8 Å². The van der Waals surface area contributed by atoms with Gasteiger partial charge in [-0.1, -0.05) is 0 Å². The number of nitrogens with zero attached hydrogens (tertiary/aromatic N) is 2. The molecule has 20 heavy (non-hydrogen) atoms. The summed E-state index contributed by atoms with van der Waals surface area (Å²) in [5, 5.41) is 18.5. The third kappa shape index (κ3) is 2.46. The maximum atomic E-state index is 12.5. The number of hydrogen-bond acceptors (Lipinski definition) is 4. The quantitative estimate of drug-likeness (QED) is 0.829. The first-order chi connectivity index (χ1) is 9.25. The van der Waals surface area contributed by atoms with Crippen LogP contribution in [0.15, 0.2) is 11.0 Å². The van der Waals surface area contributed by atoms with Crippen LogP contribution in [0.1, 0.15) is 29.0 Å². The lowest BCUT2D eigenvalue weighted by molar-refractivity contribution is 0.0686. The van der Waals surface area contributed by atoms with Crippen LogP contribution in [0.3, 0.4) is 0 Å². The van der Waals surface area contributed by atoms with Crippen LogP contribution in [0.25, 0.3) is 0 Å². The van der Waals surface area contributed by atoms with E-state index in [4.69, 9.17) is 5.11 Å². The van der Waals surface area contributed by atoms with Crippen molar-refractivity contribution >= 4 is 16.0 Å². The summed E-state index contributed by atoms with van der Waals surface area (Å²) in [7, 11) is -2.19. The molecule has 0 spiro atoms. The number of carbonyl (C=O) groups is 1. The van der Waals surface area contributed by atoms with Crippen molar-refractivity contribution in [2.45, 2.75) is 30.8 Å². The fourth-order valence-corrected chi connectivity index (χ4v) is 4.10. The molecule has 8 heteroatoms. The van der Waals surface area contributed by atoms with Crippen molar-refractivity contribution < 1.29 is 23.4 Å². The van der Waals surface area contributed by atoms with Crippen LogP contribution in [-0.4, -0.2) is 52.7 Å². The fourth-order valence-electron chi connectivity index (χ4n) is 2.36. The van der Waals surface area contributed by atoms with Gasteiger partial charge in [0.2, 0.25) is 10.0 Å². The Morgan fingerprint density at radius 2 is 1.90 bits per heavy atom. The molecule has 7 nitrogen and oxygen atoms in total. The van der Waals surface area contributed by atoms with Gasteiger partial charge in [0.15, 0.2) is 0 Å². The highest BCUT2D eigenvalue weighted by Gasteiger charge is 2.32. The zero-order valence-corrected chi connectivity index (χ0v) is 12.2. The molecule has 0 aromatic carbocycles. The summed E-state index contributed by atoms with van der Waals surface area (Å²) in [6.45, 7) is 2.08. The molecule has 1 fully saturated rings. The summed E-state index contributed by atoms with van der Waals surface area (Å²) in [4.78, 5) is 11.1. The largest absolute Gasteiger partial charge is 0.477 e. The van der Waals surface area contributed by atoms with Crippen molar-refractivity contribution in [1.29, 1.82) is 0 Å². The number of aliphatic hydroxyl groups excluding tert-OH is 1. The number of sulfonamides is 1. The summed E-state index contributed by atoms with van der Waals surface area (Å²) >= 11 is 0. The van der Waals surface area contributed by atoms with Crippen molar-refractivity contribution in [1.82, 2.24) is 8.87 Å². The van der Waals surface area contributed by atoms with E-state index in [1.165, 1.54) is 22.0 Å². The standard InChI is InChI=1S/C12H18N2O5S/c1-8-11(7-10(12(16)17)13(8)2)20(18,19)14-5-3-9(15)4-6-14/h7,9,15H,3-6H2,1-2H3,(H,16,17). The molecular weight excluding hydrogens is 284 g/mol. The molecule has 0 saturated carbocycles. The zero-order valence-electron chi connectivity index (χ0n) is 11.4. The van der Waals surface area contributed by atoms with Crippen molar-refractivity contribution in [3.63, 3.8) is 0 Å². The van der Waals surface area contributed by atoms with Gasteiger partial charge in [0.25, 0.3) is 0 Å². The smallest absolute Gasteiger partial charge is 0.352 e. The molecule has 1 saturated heterocycles. The van der Waals surface area contributed by atoms with Crippen molar-refractivity contribution in [2.24, 2.45) is 7.05 Å². The highest BCUT2D eigenvalue weighted by atomic mass is 32.2. The number of piperidine rings is 1. The van der Waals surface area contributed by atoms with E-state index >= 15 is 0 Å². The van der Waals surface area contributed by atoms with Crippen molar-refractivity contribution in [2.75, 3.05) is 13.1 Å². The molecule has 2 rings (SSSR count). The van der Waals surface area contributed by atoms with Crippen LogP contribution in [0.4, 0.5) is 0 Å². The number of aromatic carboxylic acids is 1. The molecule has 112 valence electrons. The lowest BCUT2D eigenvalue weighted by Gasteiger charge is -2.28. The molecule has 2 heterocycles. The molecule has 0 unspecified atom stereocenters. The minimum atomic E-state index is -3.71. The molecule has 1 aromatic heterocycles. The SMILES string of the molecule is Cc1c(S(=O)(=O)N2CCC(O)CC2)cc(C(=O)O)n1C. The average Bonchev–Trinajstić information content (AvgIpc) is 2.67. The highest BCUT2D eigenvalue weighted by molar-refractivity contribution is 7.89. The molecule has 1 aliphatic rings. The maximum absolute atomic E-state index is 12.5. The number of aromatic nitrogens is 1. The molecule has 2 N–H and O–H groups in total. The predicted octanol–water partition coefficient (Wildman–Crippen LogP) is 0.177. The Bertz CT molecular complexity index is 627. The van der Waals surface area contributed by atoms with Gasteiger partial charge in [-0.15, -0.1) is 0 Å². The number of carboxylic acids is 1. The summed E-state index contributed by atoms with van der Waals surface area (Å²) < 4.78 is 27.7. The molecule has 0 radical (unpaired) electrons. The van der Waals surface area contributed by atoms with Crippen LogP contribution in [0.2, 0.25) is 0 Å². The van der Waals surface area contributed by atoms with E-state index in [2.05, 4.69) is 0 Å². The second kappa shape index (κ2) is 5.19. The van der Waals surface area contributed by atoms with Gasteiger partial charge in [-0.2, -0.15) is 4.31 Å². The summed E-state index contributed by atoms with van der Waals surface area (Å²) in [5.41, 5.74) is 0.339. The number of carboxylic acid groups (broad SMARTS) is 1. The third-order valence-electron chi connectivity index (χ3n) is 3.75. The van der Waals surface area contributed by atoms with Gasteiger partial charge >= 0.3 is 5.97 Å². The van der Waals surface area contributed by atoms with E-state index in [0.29, 0.717) is 18.5 Å². The van der Waals surface area contributed by atoms with Crippen LogP contribution in [0.5, 0.6) is 0 Å². The van der Waals surface area contributed by atoms with Crippen molar-refractivity contribution in [3.8, 4) is 0 Å². The predicted molar refractivity (Wildman–Crippen MR) is 71.1 cm³/mol. The lowest BCUT2D eigenvalue weighted by Crippen LogP contribution is -2.40. The topological polar surface area (TPSA) is 99.8 Å². The van der Waals surface area contributed by atoms with Crippen LogP contribution >= 0.6 is 0 Å². The monoisotopic (exact) mass is 302 g/mol. The second-order valence-electron chi connectivity index (χ2n) is 4.98. The van der Waals surface area contributed by atoms with Gasteiger partial charge in [0.05, 0.1) is 6.10 Å². The van der Waals surface area contributed by atoms with E-state index in [1.807, 2.05) is 0 Å². The Labute approximate surface area is 117 Å². The van der Waals surface area contributed by atoms with Gasteiger partial charge in [0, 0.05) is 25.8 Å². The maximum Gasteiger partial charge on any atom is 0.352 e. The van der Waals surface area contributed by atoms with Gasteiger partial charge in [-0.05, 0) is 25.8 Å². The molecule has 1 aromatic rings. The van der Waals surface area contributed by atoms with Gasteiger partial charge in [0.1, 0.15) is 10.6 Å². The summed E-state index contributed by atoms with van der Waals surface area (Å²) in [6, 6.07) is 1.19. The first-order valence-corrected chi connectivity index (χ1v) is 7.77. The van der Waals surface area contributed by atoms with E-state index in [-0.39, 0.29) is 23.7 Å². The molecule has 0 atom stereocenters. The Balaban J connectivity index is 2.40.